The molecule has 0 amide bonds. The monoisotopic (exact) mass is 301 g/mol. The highest BCUT2D eigenvalue weighted by molar-refractivity contribution is 7.80. The number of aryl methyl sites for hydroxylation is 2. The standard InChI is InChI=1S/C17H23N3S/c1-11-4-5-15-14(10-11)12(2)16(19-15)13-6-8-20(9-7-13)17(21)18-3/h4-5,10,13,19H,6-9H2,1-3H3,(H,18,21). The second-order valence-corrected chi connectivity index (χ2v) is 6.42. The molecule has 3 nitrogen and oxygen atoms in total. The molecule has 0 saturated carbocycles. The second kappa shape index (κ2) is 5.68. The molecule has 3 rings (SSSR count). The molecule has 1 aromatic heterocycles. The summed E-state index contributed by atoms with van der Waals surface area (Å²) in [7, 11) is 1.90. The smallest absolute Gasteiger partial charge is 0.168 e. The van der Waals surface area contributed by atoms with Crippen molar-refractivity contribution in [3.63, 3.8) is 0 Å². The number of nitrogens with one attached hydrogen (secondary N) is 2. The lowest BCUT2D eigenvalue weighted by molar-refractivity contribution is 0.308. The van der Waals surface area contributed by atoms with Crippen LogP contribution in [0.3, 0.4) is 0 Å². The lowest BCUT2D eigenvalue weighted by Gasteiger charge is -2.33. The Morgan fingerprint density at radius 3 is 2.67 bits per heavy atom. The van der Waals surface area contributed by atoms with Crippen LogP contribution in [0, 0.1) is 13.8 Å². The van der Waals surface area contributed by atoms with Gasteiger partial charge in [-0.3, -0.25) is 0 Å². The van der Waals surface area contributed by atoms with E-state index in [1.165, 1.54) is 27.7 Å². The van der Waals surface area contributed by atoms with E-state index in [0.29, 0.717) is 5.92 Å². The predicted molar refractivity (Wildman–Crippen MR) is 93.0 cm³/mol. The van der Waals surface area contributed by atoms with Gasteiger partial charge in [0.2, 0.25) is 0 Å². The van der Waals surface area contributed by atoms with Crippen molar-refractivity contribution in [2.45, 2.75) is 32.6 Å². The zero-order valence-corrected chi connectivity index (χ0v) is 13.8. The van der Waals surface area contributed by atoms with Crippen LogP contribution in [-0.2, 0) is 0 Å². The number of aromatic amines is 1. The molecule has 21 heavy (non-hydrogen) atoms. The van der Waals surface area contributed by atoms with Crippen molar-refractivity contribution < 1.29 is 0 Å². The summed E-state index contributed by atoms with van der Waals surface area (Å²) >= 11 is 5.33. The van der Waals surface area contributed by atoms with Gasteiger partial charge in [-0.2, -0.15) is 0 Å². The lowest BCUT2D eigenvalue weighted by Crippen LogP contribution is -2.42. The number of nitrogens with zero attached hydrogens (tertiary/aromatic N) is 1. The van der Waals surface area contributed by atoms with Crippen LogP contribution in [0.5, 0.6) is 0 Å². The Morgan fingerprint density at radius 2 is 2.00 bits per heavy atom. The van der Waals surface area contributed by atoms with Crippen LogP contribution in [0.1, 0.15) is 35.6 Å². The van der Waals surface area contributed by atoms with E-state index in [1.54, 1.807) is 0 Å². The first kappa shape index (κ1) is 14.4. The fourth-order valence-corrected chi connectivity index (χ4v) is 3.58. The zero-order chi connectivity index (χ0) is 15.0. The molecule has 1 aliphatic heterocycles. The molecule has 1 aromatic carbocycles. The third-order valence-corrected chi connectivity index (χ3v) is 5.12. The highest BCUT2D eigenvalue weighted by atomic mass is 32.1. The highest BCUT2D eigenvalue weighted by Crippen LogP contribution is 2.33. The Labute approximate surface area is 131 Å². The van der Waals surface area contributed by atoms with Gasteiger partial charge in [0.1, 0.15) is 0 Å². The molecular weight excluding hydrogens is 278 g/mol. The van der Waals surface area contributed by atoms with Crippen molar-refractivity contribution in [1.29, 1.82) is 0 Å². The molecule has 2 aromatic rings. The molecule has 2 heterocycles. The Morgan fingerprint density at radius 1 is 1.29 bits per heavy atom. The first-order valence-electron chi connectivity index (χ1n) is 7.65. The molecule has 0 aliphatic carbocycles. The summed E-state index contributed by atoms with van der Waals surface area (Å²) in [5.41, 5.74) is 5.43. The molecule has 0 atom stereocenters. The van der Waals surface area contributed by atoms with Gasteiger partial charge in [0, 0.05) is 42.7 Å². The summed E-state index contributed by atoms with van der Waals surface area (Å²) < 4.78 is 0. The van der Waals surface area contributed by atoms with Crippen molar-refractivity contribution >= 4 is 28.2 Å². The molecule has 1 aliphatic rings. The van der Waals surface area contributed by atoms with E-state index in [-0.39, 0.29) is 0 Å². The van der Waals surface area contributed by atoms with Gasteiger partial charge in [-0.05, 0) is 56.6 Å². The highest BCUT2D eigenvalue weighted by Gasteiger charge is 2.24. The average molecular weight is 301 g/mol. The number of thiocarbonyl (C=S) groups is 1. The van der Waals surface area contributed by atoms with Gasteiger partial charge in [0.15, 0.2) is 5.11 Å². The minimum Gasteiger partial charge on any atom is -0.366 e. The number of aromatic nitrogens is 1. The molecule has 0 spiro atoms. The molecule has 0 unspecified atom stereocenters. The number of fused-ring (bicyclic) bond motifs is 1. The molecule has 2 N–H and O–H groups in total. The van der Waals surface area contributed by atoms with Crippen LogP contribution in [0.15, 0.2) is 18.2 Å². The van der Waals surface area contributed by atoms with E-state index in [0.717, 1.165) is 31.0 Å². The molecule has 112 valence electrons. The number of H-pyrrole nitrogens is 1. The summed E-state index contributed by atoms with van der Waals surface area (Å²) in [6, 6.07) is 6.67. The number of hydrogen-bond acceptors (Lipinski definition) is 1. The summed E-state index contributed by atoms with van der Waals surface area (Å²) in [6.45, 7) is 6.48. The fraction of sp³-hybridized carbons (Fsp3) is 0.471. The summed E-state index contributed by atoms with van der Waals surface area (Å²) in [4.78, 5) is 5.92. The molecule has 0 radical (unpaired) electrons. The van der Waals surface area contributed by atoms with E-state index >= 15 is 0 Å². The molecule has 0 bridgehead atoms. The maximum atomic E-state index is 5.33. The maximum absolute atomic E-state index is 5.33. The van der Waals surface area contributed by atoms with E-state index in [1.807, 2.05) is 7.05 Å². The van der Waals surface area contributed by atoms with Crippen molar-refractivity contribution in [2.75, 3.05) is 20.1 Å². The number of likely N-dealkylation sites (tertiary alicyclic amines) is 1. The zero-order valence-electron chi connectivity index (χ0n) is 13.0. The topological polar surface area (TPSA) is 31.1 Å². The summed E-state index contributed by atoms with van der Waals surface area (Å²) in [5, 5.41) is 5.32. The first-order valence-corrected chi connectivity index (χ1v) is 8.06. The Hall–Kier alpha value is -1.55. The van der Waals surface area contributed by atoms with Crippen LogP contribution in [0.4, 0.5) is 0 Å². The predicted octanol–water partition coefficient (Wildman–Crippen LogP) is 3.47. The van der Waals surface area contributed by atoms with E-state index in [2.05, 4.69) is 47.2 Å². The van der Waals surface area contributed by atoms with Crippen LogP contribution < -0.4 is 5.32 Å². The maximum Gasteiger partial charge on any atom is 0.168 e. The minimum absolute atomic E-state index is 0.619. The third-order valence-electron chi connectivity index (χ3n) is 4.66. The number of hydrogen-bond donors (Lipinski definition) is 2. The van der Waals surface area contributed by atoms with Crippen molar-refractivity contribution in [3.05, 3.63) is 35.0 Å². The summed E-state index contributed by atoms with van der Waals surface area (Å²) in [5.74, 6) is 0.619. The van der Waals surface area contributed by atoms with Crippen LogP contribution in [0.2, 0.25) is 0 Å². The van der Waals surface area contributed by atoms with Crippen LogP contribution in [-0.4, -0.2) is 35.1 Å². The molecule has 1 fully saturated rings. The van der Waals surface area contributed by atoms with Crippen molar-refractivity contribution in [1.82, 2.24) is 15.2 Å². The van der Waals surface area contributed by atoms with Gasteiger partial charge in [-0.1, -0.05) is 11.6 Å². The van der Waals surface area contributed by atoms with E-state index < -0.39 is 0 Å². The summed E-state index contributed by atoms with van der Waals surface area (Å²) in [6.07, 6.45) is 2.32. The van der Waals surface area contributed by atoms with Gasteiger partial charge in [0.05, 0.1) is 0 Å². The quantitative estimate of drug-likeness (QED) is 0.791. The number of rotatable bonds is 1. The van der Waals surface area contributed by atoms with Gasteiger partial charge in [-0.25, -0.2) is 0 Å². The number of benzene rings is 1. The molecular formula is C17H23N3S. The molecule has 1 saturated heterocycles. The van der Waals surface area contributed by atoms with Crippen LogP contribution in [0.25, 0.3) is 10.9 Å². The molecule has 4 heteroatoms. The Kier molecular flexibility index (Phi) is 3.89. The average Bonchev–Trinajstić information content (AvgIpc) is 2.83. The number of piperidine rings is 1. The SMILES string of the molecule is CNC(=S)N1CCC(c2[nH]c3ccc(C)cc3c2C)CC1. The second-order valence-electron chi connectivity index (χ2n) is 6.03. The van der Waals surface area contributed by atoms with Crippen molar-refractivity contribution in [2.24, 2.45) is 0 Å². The van der Waals surface area contributed by atoms with Gasteiger partial charge >= 0.3 is 0 Å². The van der Waals surface area contributed by atoms with Gasteiger partial charge < -0.3 is 15.2 Å². The van der Waals surface area contributed by atoms with E-state index in [4.69, 9.17) is 12.2 Å². The minimum atomic E-state index is 0.619. The Balaban J connectivity index is 1.82. The van der Waals surface area contributed by atoms with Gasteiger partial charge in [-0.15, -0.1) is 0 Å². The van der Waals surface area contributed by atoms with Gasteiger partial charge in [0.25, 0.3) is 0 Å². The van der Waals surface area contributed by atoms with Crippen molar-refractivity contribution in [3.8, 4) is 0 Å². The lowest BCUT2D eigenvalue weighted by atomic mass is 9.91. The Bertz CT molecular complexity index is 666. The largest absolute Gasteiger partial charge is 0.366 e. The normalized spacial score (nSPS) is 16.4. The van der Waals surface area contributed by atoms with Crippen LogP contribution >= 0.6 is 12.2 Å². The van der Waals surface area contributed by atoms with E-state index in [9.17, 15) is 0 Å². The fourth-order valence-electron chi connectivity index (χ4n) is 3.40. The first-order chi connectivity index (χ1) is 10.1. The third kappa shape index (κ3) is 2.64.